The number of esters is 1. The molecule has 11 heteroatoms. The van der Waals surface area contributed by atoms with Crippen LogP contribution in [0.15, 0.2) is 36.4 Å². The zero-order chi connectivity index (χ0) is 22.3. The molecule has 160 valence electrons. The van der Waals surface area contributed by atoms with E-state index in [1.54, 1.807) is 0 Å². The molecule has 1 N–H and O–H groups in total. The molecule has 0 saturated heterocycles. The molecular weight excluding hydrogens is 467 g/mol. The van der Waals surface area contributed by atoms with Gasteiger partial charge in [-0.1, -0.05) is 40.9 Å². The fraction of sp³-hybridized carbons (Fsp3) is 0.158. The van der Waals surface area contributed by atoms with Gasteiger partial charge in [0.1, 0.15) is 0 Å². The molecule has 30 heavy (non-hydrogen) atoms. The Hall–Kier alpha value is -2.55. The van der Waals surface area contributed by atoms with Gasteiger partial charge >= 0.3 is 12.6 Å². The van der Waals surface area contributed by atoms with Gasteiger partial charge < -0.3 is 19.5 Å². The summed E-state index contributed by atoms with van der Waals surface area (Å²) in [4.78, 5) is 23.7. The Balaban J connectivity index is 1.93. The molecule has 1 amide bonds. The number of amides is 1. The lowest BCUT2D eigenvalue weighted by Gasteiger charge is -2.10. The monoisotopic (exact) mass is 479 g/mol. The molecule has 0 aliphatic carbocycles. The highest BCUT2D eigenvalue weighted by molar-refractivity contribution is 6.42. The van der Waals surface area contributed by atoms with Crippen molar-refractivity contribution in [1.82, 2.24) is 0 Å². The predicted octanol–water partition coefficient (Wildman–Crippen LogP) is 5.45. The number of carbonyl (C=O) groups is 2. The minimum Gasteiger partial charge on any atom is -0.493 e. The number of hydrogen-bond donors (Lipinski definition) is 1. The zero-order valence-electron chi connectivity index (χ0n) is 15.3. The van der Waals surface area contributed by atoms with Crippen molar-refractivity contribution in [2.24, 2.45) is 0 Å². The lowest BCUT2D eigenvalue weighted by atomic mass is 10.2. The van der Waals surface area contributed by atoms with E-state index in [4.69, 9.17) is 44.3 Å². The van der Waals surface area contributed by atoms with E-state index in [1.807, 2.05) is 0 Å². The van der Waals surface area contributed by atoms with Gasteiger partial charge in [0.15, 0.2) is 18.1 Å². The molecule has 0 heterocycles. The SMILES string of the molecule is COc1cc(/C=C/C(=O)OCC(=O)Nc2c(Cl)cc(Cl)cc2Cl)ccc1OC(F)F. The third-order valence-electron chi connectivity index (χ3n) is 3.43. The molecule has 0 fully saturated rings. The maximum Gasteiger partial charge on any atom is 0.387 e. The van der Waals surface area contributed by atoms with E-state index in [0.717, 1.165) is 6.08 Å². The number of rotatable bonds is 8. The molecule has 2 rings (SSSR count). The van der Waals surface area contributed by atoms with Crippen LogP contribution in [0.5, 0.6) is 11.5 Å². The number of hydrogen-bond acceptors (Lipinski definition) is 5. The smallest absolute Gasteiger partial charge is 0.387 e. The van der Waals surface area contributed by atoms with Gasteiger partial charge in [0, 0.05) is 11.1 Å². The van der Waals surface area contributed by atoms with Gasteiger partial charge in [0.05, 0.1) is 22.8 Å². The molecule has 0 aromatic heterocycles. The first-order valence-electron chi connectivity index (χ1n) is 8.11. The molecule has 6 nitrogen and oxygen atoms in total. The summed E-state index contributed by atoms with van der Waals surface area (Å²) < 4.78 is 38.8. The largest absolute Gasteiger partial charge is 0.493 e. The Morgan fingerprint density at radius 1 is 1.10 bits per heavy atom. The number of benzene rings is 2. The van der Waals surface area contributed by atoms with Crippen molar-refractivity contribution in [1.29, 1.82) is 0 Å². The normalized spacial score (nSPS) is 10.9. The topological polar surface area (TPSA) is 73.9 Å². The fourth-order valence-electron chi connectivity index (χ4n) is 2.17. The fourth-order valence-corrected chi connectivity index (χ4v) is 3.08. The van der Waals surface area contributed by atoms with Gasteiger partial charge in [-0.15, -0.1) is 0 Å². The van der Waals surface area contributed by atoms with Crippen LogP contribution in [0.4, 0.5) is 14.5 Å². The maximum absolute atomic E-state index is 12.3. The number of nitrogens with one attached hydrogen (secondary N) is 1. The molecule has 0 saturated carbocycles. The summed E-state index contributed by atoms with van der Waals surface area (Å²) in [5, 5.41) is 2.96. The Labute approximate surface area is 185 Å². The van der Waals surface area contributed by atoms with Crippen LogP contribution in [0, 0.1) is 0 Å². The van der Waals surface area contributed by atoms with Crippen molar-refractivity contribution in [2.45, 2.75) is 6.61 Å². The van der Waals surface area contributed by atoms with Crippen molar-refractivity contribution >= 4 is 58.4 Å². The summed E-state index contributed by atoms with van der Waals surface area (Å²) in [5.41, 5.74) is 0.590. The van der Waals surface area contributed by atoms with Crippen molar-refractivity contribution in [2.75, 3.05) is 19.0 Å². The second-order valence-electron chi connectivity index (χ2n) is 5.52. The van der Waals surface area contributed by atoms with Gasteiger partial charge in [0.2, 0.25) is 0 Å². The standard InChI is InChI=1S/C19H14Cl3F2NO5/c1-28-15-6-10(2-4-14(15)30-19(23)24)3-5-17(27)29-9-16(26)25-18-12(21)7-11(20)8-13(18)22/h2-8,19H,9H2,1H3,(H,25,26)/b5-3+. The van der Waals surface area contributed by atoms with E-state index < -0.39 is 25.1 Å². The zero-order valence-corrected chi connectivity index (χ0v) is 17.5. The number of carbonyl (C=O) groups excluding carboxylic acids is 2. The Morgan fingerprint density at radius 3 is 2.37 bits per heavy atom. The summed E-state index contributed by atoms with van der Waals surface area (Å²) in [6.07, 6.45) is 2.40. The lowest BCUT2D eigenvalue weighted by molar-refractivity contribution is -0.142. The number of halogens is 5. The minimum atomic E-state index is -3.00. The van der Waals surface area contributed by atoms with Crippen LogP contribution >= 0.6 is 34.8 Å². The van der Waals surface area contributed by atoms with Crippen molar-refractivity contribution < 1.29 is 32.6 Å². The predicted molar refractivity (Wildman–Crippen MR) is 110 cm³/mol. The molecule has 0 aliphatic heterocycles. The van der Waals surface area contributed by atoms with Crippen molar-refractivity contribution in [3.63, 3.8) is 0 Å². The van der Waals surface area contributed by atoms with Crippen molar-refractivity contribution in [3.05, 3.63) is 57.0 Å². The average molecular weight is 481 g/mol. The number of anilines is 1. The van der Waals surface area contributed by atoms with Crippen LogP contribution in [-0.4, -0.2) is 32.2 Å². The van der Waals surface area contributed by atoms with E-state index in [2.05, 4.69) is 10.1 Å². The van der Waals surface area contributed by atoms with Gasteiger partial charge in [0.25, 0.3) is 5.91 Å². The van der Waals surface area contributed by atoms with E-state index in [-0.39, 0.29) is 27.2 Å². The quantitative estimate of drug-likeness (QED) is 0.402. The van der Waals surface area contributed by atoms with Crippen LogP contribution < -0.4 is 14.8 Å². The van der Waals surface area contributed by atoms with E-state index >= 15 is 0 Å². The highest BCUT2D eigenvalue weighted by Crippen LogP contribution is 2.33. The molecule has 0 spiro atoms. The summed E-state index contributed by atoms with van der Waals surface area (Å²) in [7, 11) is 1.28. The second-order valence-corrected chi connectivity index (χ2v) is 6.77. The van der Waals surface area contributed by atoms with E-state index in [1.165, 1.54) is 43.5 Å². The molecule has 0 unspecified atom stereocenters. The first-order chi connectivity index (χ1) is 14.2. The van der Waals surface area contributed by atoms with Gasteiger partial charge in [-0.25, -0.2) is 4.79 Å². The average Bonchev–Trinajstić information content (AvgIpc) is 2.67. The second kappa shape index (κ2) is 11.0. The lowest BCUT2D eigenvalue weighted by Crippen LogP contribution is -2.20. The van der Waals surface area contributed by atoms with E-state index in [9.17, 15) is 18.4 Å². The van der Waals surface area contributed by atoms with Gasteiger partial charge in [-0.3, -0.25) is 4.79 Å². The van der Waals surface area contributed by atoms with Gasteiger partial charge in [-0.2, -0.15) is 8.78 Å². The molecular formula is C19H14Cl3F2NO5. The van der Waals surface area contributed by atoms with Crippen LogP contribution in [-0.2, 0) is 14.3 Å². The molecule has 0 radical (unpaired) electrons. The Kier molecular flexibility index (Phi) is 8.71. The third-order valence-corrected chi connectivity index (χ3v) is 4.25. The molecule has 0 bridgehead atoms. The highest BCUT2D eigenvalue weighted by atomic mass is 35.5. The summed E-state index contributed by atoms with van der Waals surface area (Å²) in [6, 6.07) is 6.87. The third kappa shape index (κ3) is 7.05. The van der Waals surface area contributed by atoms with Crippen LogP contribution in [0.2, 0.25) is 15.1 Å². The van der Waals surface area contributed by atoms with Crippen molar-refractivity contribution in [3.8, 4) is 11.5 Å². The molecule has 0 aliphatic rings. The van der Waals surface area contributed by atoms with Gasteiger partial charge in [-0.05, 0) is 35.9 Å². The van der Waals surface area contributed by atoms with Crippen LogP contribution in [0.1, 0.15) is 5.56 Å². The van der Waals surface area contributed by atoms with E-state index in [0.29, 0.717) is 10.6 Å². The Morgan fingerprint density at radius 2 is 1.77 bits per heavy atom. The number of alkyl halides is 2. The first-order valence-corrected chi connectivity index (χ1v) is 9.25. The highest BCUT2D eigenvalue weighted by Gasteiger charge is 2.13. The first kappa shape index (κ1) is 23.7. The summed E-state index contributed by atoms with van der Waals surface area (Å²) >= 11 is 17.7. The Bertz CT molecular complexity index is 946. The number of ether oxygens (including phenoxy) is 3. The van der Waals surface area contributed by atoms with Crippen LogP contribution in [0.3, 0.4) is 0 Å². The number of methoxy groups -OCH3 is 1. The summed E-state index contributed by atoms with van der Waals surface area (Å²) in [5.74, 6) is -1.58. The molecule has 2 aromatic rings. The minimum absolute atomic E-state index is 0.0573. The molecule has 2 aromatic carbocycles. The van der Waals surface area contributed by atoms with Crippen LogP contribution in [0.25, 0.3) is 6.08 Å². The summed E-state index contributed by atoms with van der Waals surface area (Å²) in [6.45, 7) is -3.60. The maximum atomic E-state index is 12.3. The molecule has 0 atom stereocenters.